The molecule has 1 saturated heterocycles. The fourth-order valence-corrected chi connectivity index (χ4v) is 3.98. The zero-order valence-electron chi connectivity index (χ0n) is 15.1. The van der Waals surface area contributed by atoms with Gasteiger partial charge in [-0.1, -0.05) is 11.6 Å². The molecule has 9 heteroatoms. The summed E-state index contributed by atoms with van der Waals surface area (Å²) in [6, 6.07) is 6.09. The van der Waals surface area contributed by atoms with E-state index in [2.05, 4.69) is 0 Å². The van der Waals surface area contributed by atoms with Crippen molar-refractivity contribution in [1.82, 2.24) is 9.21 Å². The van der Waals surface area contributed by atoms with Gasteiger partial charge in [-0.3, -0.25) is 4.79 Å². The third kappa shape index (κ3) is 5.69. The Morgan fingerprint density at radius 3 is 2.12 bits per heavy atom. The summed E-state index contributed by atoms with van der Waals surface area (Å²) in [7, 11) is -3.75. The van der Waals surface area contributed by atoms with Crippen molar-refractivity contribution in [3.05, 3.63) is 34.9 Å². The van der Waals surface area contributed by atoms with Crippen molar-refractivity contribution in [3.8, 4) is 0 Å². The second kappa shape index (κ2) is 7.94. The molecule has 7 nitrogen and oxygen atoms in total. The van der Waals surface area contributed by atoms with Crippen LogP contribution in [0.5, 0.6) is 0 Å². The van der Waals surface area contributed by atoms with Crippen LogP contribution >= 0.6 is 11.6 Å². The molecule has 1 heterocycles. The minimum absolute atomic E-state index is 0.134. The van der Waals surface area contributed by atoms with Gasteiger partial charge in [0.05, 0.1) is 0 Å². The van der Waals surface area contributed by atoms with Gasteiger partial charge in [-0.25, -0.2) is 13.2 Å². The van der Waals surface area contributed by atoms with Gasteiger partial charge in [0.2, 0.25) is 10.0 Å². The minimum Gasteiger partial charge on any atom is -0.444 e. The highest BCUT2D eigenvalue weighted by Crippen LogP contribution is 2.15. The Balaban J connectivity index is 1.94. The largest absolute Gasteiger partial charge is 0.444 e. The lowest BCUT2D eigenvalue weighted by molar-refractivity contribution is 0.0192. The summed E-state index contributed by atoms with van der Waals surface area (Å²) in [5.74, 6) is -1.10. The number of sulfonamides is 1. The number of nitrogens with zero attached hydrogens (tertiary/aromatic N) is 2. The van der Waals surface area contributed by atoms with Crippen LogP contribution in [0.2, 0.25) is 5.02 Å². The van der Waals surface area contributed by atoms with Gasteiger partial charge in [-0.15, -0.1) is 0 Å². The maximum Gasteiger partial charge on any atom is 0.410 e. The topological polar surface area (TPSA) is 84.0 Å². The molecule has 1 aromatic rings. The lowest BCUT2D eigenvalue weighted by Crippen LogP contribution is -2.52. The quantitative estimate of drug-likeness (QED) is 0.722. The van der Waals surface area contributed by atoms with Crippen molar-refractivity contribution in [1.29, 1.82) is 0 Å². The van der Waals surface area contributed by atoms with Gasteiger partial charge in [0, 0.05) is 36.8 Å². The zero-order chi connectivity index (χ0) is 19.5. The number of halogens is 1. The van der Waals surface area contributed by atoms with Gasteiger partial charge in [0.15, 0.2) is 5.78 Å². The molecule has 0 aromatic heterocycles. The van der Waals surface area contributed by atoms with Crippen molar-refractivity contribution in [2.45, 2.75) is 26.4 Å². The van der Waals surface area contributed by atoms with Gasteiger partial charge in [0.1, 0.15) is 11.4 Å². The van der Waals surface area contributed by atoms with Gasteiger partial charge in [-0.2, -0.15) is 4.31 Å². The predicted octanol–water partition coefficient (Wildman–Crippen LogP) is 2.41. The number of piperazine rings is 1. The molecular formula is C17H23ClN2O5S. The van der Waals surface area contributed by atoms with Crippen LogP contribution in [0.1, 0.15) is 31.1 Å². The van der Waals surface area contributed by atoms with Crippen molar-refractivity contribution >= 4 is 33.5 Å². The molecule has 0 aliphatic carbocycles. The Morgan fingerprint density at radius 1 is 1.08 bits per heavy atom. The van der Waals surface area contributed by atoms with E-state index >= 15 is 0 Å². The highest BCUT2D eigenvalue weighted by atomic mass is 35.5. The van der Waals surface area contributed by atoms with Crippen molar-refractivity contribution in [2.75, 3.05) is 31.9 Å². The standard InChI is InChI=1S/C17H23ClN2O5S/c1-17(2,3)25-16(22)19-8-10-20(11-9-19)26(23,24)12-15(21)13-4-6-14(18)7-5-13/h4-7H,8-12H2,1-3H3. The molecule has 0 radical (unpaired) electrons. The summed E-state index contributed by atoms with van der Waals surface area (Å²) in [5, 5.41) is 0.475. The Labute approximate surface area is 158 Å². The second-order valence-electron chi connectivity index (χ2n) is 7.05. The van der Waals surface area contributed by atoms with Crippen LogP contribution in [0.3, 0.4) is 0 Å². The molecule has 0 bridgehead atoms. The SMILES string of the molecule is CC(C)(C)OC(=O)N1CCN(S(=O)(=O)CC(=O)c2ccc(Cl)cc2)CC1. The van der Waals surface area contributed by atoms with Gasteiger partial charge in [-0.05, 0) is 45.0 Å². The average Bonchev–Trinajstić information content (AvgIpc) is 2.53. The van der Waals surface area contributed by atoms with Gasteiger partial charge < -0.3 is 9.64 Å². The van der Waals surface area contributed by atoms with E-state index in [4.69, 9.17) is 16.3 Å². The number of ether oxygens (including phenoxy) is 1. The van der Waals surface area contributed by atoms with Crippen molar-refractivity contribution in [3.63, 3.8) is 0 Å². The van der Waals surface area contributed by atoms with E-state index in [1.54, 1.807) is 32.9 Å². The maximum atomic E-state index is 12.5. The second-order valence-corrected chi connectivity index (χ2v) is 9.46. The molecule has 1 aromatic carbocycles. The van der Waals surface area contributed by atoms with E-state index in [9.17, 15) is 18.0 Å². The van der Waals surface area contributed by atoms with Crippen LogP contribution in [-0.4, -0.2) is 67.0 Å². The number of carbonyl (C=O) groups is 2. The molecule has 0 spiro atoms. The van der Waals surface area contributed by atoms with E-state index in [1.165, 1.54) is 21.3 Å². The monoisotopic (exact) mass is 402 g/mol. The van der Waals surface area contributed by atoms with Crippen molar-refractivity contribution < 1.29 is 22.7 Å². The molecule has 1 aliphatic rings. The fourth-order valence-electron chi connectivity index (χ4n) is 2.45. The summed E-state index contributed by atoms with van der Waals surface area (Å²) in [6.45, 7) is 6.04. The van der Waals surface area contributed by atoms with Crippen LogP contribution in [-0.2, 0) is 14.8 Å². The first-order valence-corrected chi connectivity index (χ1v) is 10.2. The highest BCUT2D eigenvalue weighted by molar-refractivity contribution is 7.89. The van der Waals surface area contributed by atoms with E-state index in [0.717, 1.165) is 0 Å². The van der Waals surface area contributed by atoms with Gasteiger partial charge >= 0.3 is 6.09 Å². The van der Waals surface area contributed by atoms with Crippen LogP contribution < -0.4 is 0 Å². The van der Waals surface area contributed by atoms with Crippen LogP contribution in [0.15, 0.2) is 24.3 Å². The Hall–Kier alpha value is -1.64. The normalized spacial score (nSPS) is 16.4. The fraction of sp³-hybridized carbons (Fsp3) is 0.529. The van der Waals surface area contributed by atoms with Crippen LogP contribution in [0.4, 0.5) is 4.79 Å². The van der Waals surface area contributed by atoms with Gasteiger partial charge in [0.25, 0.3) is 0 Å². The molecule has 0 saturated carbocycles. The van der Waals surface area contributed by atoms with E-state index in [0.29, 0.717) is 10.6 Å². The third-order valence-corrected chi connectivity index (χ3v) is 5.79. The summed E-state index contributed by atoms with van der Waals surface area (Å²) >= 11 is 5.77. The Morgan fingerprint density at radius 2 is 1.62 bits per heavy atom. The molecule has 1 fully saturated rings. The van der Waals surface area contributed by atoms with E-state index < -0.39 is 33.3 Å². The van der Waals surface area contributed by atoms with Crippen LogP contribution in [0.25, 0.3) is 0 Å². The molecule has 0 N–H and O–H groups in total. The molecule has 2 rings (SSSR count). The molecule has 144 valence electrons. The molecule has 0 atom stereocenters. The average molecular weight is 403 g/mol. The van der Waals surface area contributed by atoms with E-state index in [-0.39, 0.29) is 26.2 Å². The lowest BCUT2D eigenvalue weighted by Gasteiger charge is -2.34. The van der Waals surface area contributed by atoms with Crippen molar-refractivity contribution in [2.24, 2.45) is 0 Å². The third-order valence-electron chi connectivity index (χ3n) is 3.76. The number of ketones is 1. The number of Topliss-reactive ketones (excluding diaryl/α,β-unsaturated/α-hetero) is 1. The number of benzene rings is 1. The number of hydrogen-bond donors (Lipinski definition) is 0. The molecule has 1 amide bonds. The number of rotatable bonds is 4. The minimum atomic E-state index is -3.75. The zero-order valence-corrected chi connectivity index (χ0v) is 16.6. The first-order chi connectivity index (χ1) is 12.0. The number of amides is 1. The Bertz CT molecular complexity index is 763. The van der Waals surface area contributed by atoms with Crippen LogP contribution in [0, 0.1) is 0 Å². The maximum absolute atomic E-state index is 12.5. The first kappa shape index (κ1) is 20.7. The lowest BCUT2D eigenvalue weighted by atomic mass is 10.1. The molecule has 26 heavy (non-hydrogen) atoms. The highest BCUT2D eigenvalue weighted by Gasteiger charge is 2.32. The summed E-state index contributed by atoms with van der Waals surface area (Å²) in [5.41, 5.74) is -0.309. The van der Waals surface area contributed by atoms with E-state index in [1.807, 2.05) is 0 Å². The molecular weight excluding hydrogens is 380 g/mol. The Kier molecular flexibility index (Phi) is 6.31. The predicted molar refractivity (Wildman–Crippen MR) is 98.9 cm³/mol. The smallest absolute Gasteiger partial charge is 0.410 e. The molecule has 0 unspecified atom stereocenters. The summed E-state index contributed by atoms with van der Waals surface area (Å²) in [6.07, 6.45) is -0.466. The summed E-state index contributed by atoms with van der Waals surface area (Å²) in [4.78, 5) is 25.7. The number of hydrogen-bond acceptors (Lipinski definition) is 5. The first-order valence-electron chi connectivity index (χ1n) is 8.22. The summed E-state index contributed by atoms with van der Waals surface area (Å²) < 4.78 is 31.5. The number of carbonyl (C=O) groups excluding carboxylic acids is 2. The molecule has 1 aliphatic heterocycles.